The van der Waals surface area contributed by atoms with E-state index in [1.807, 2.05) is 0 Å². The lowest BCUT2D eigenvalue weighted by molar-refractivity contribution is 0.910. The maximum atomic E-state index is 4.36. The van der Waals surface area contributed by atoms with Gasteiger partial charge >= 0.3 is 0 Å². The number of fused-ring (bicyclic) bond motifs is 1. The molecule has 0 radical (unpaired) electrons. The molecule has 0 unspecified atom stereocenters. The number of hydrogen-bond acceptors (Lipinski definition) is 3. The van der Waals surface area contributed by atoms with Crippen molar-refractivity contribution >= 4 is 43.5 Å². The van der Waals surface area contributed by atoms with Crippen LogP contribution in [0.4, 0.5) is 5.69 Å². The van der Waals surface area contributed by atoms with Gasteiger partial charge in [0.2, 0.25) is 0 Å². The summed E-state index contributed by atoms with van der Waals surface area (Å²) in [5.74, 6) is 0.865. The first-order chi connectivity index (χ1) is 8.25. The average molecular weight is 359 g/mol. The topological polar surface area (TPSA) is 36.4 Å². The Bertz CT molecular complexity index is 497. The van der Waals surface area contributed by atoms with Crippen LogP contribution in [0.1, 0.15) is 17.5 Å². The van der Waals surface area contributed by atoms with Crippen LogP contribution in [0.3, 0.4) is 0 Å². The Hall–Kier alpha value is -0.550. The van der Waals surface area contributed by atoms with Crippen LogP contribution in [0.2, 0.25) is 0 Å². The second-order valence-electron chi connectivity index (χ2n) is 4.32. The summed E-state index contributed by atoms with van der Waals surface area (Å²) in [7, 11) is 0. The largest absolute Gasteiger partial charge is 0.354 e. The SMILES string of the molecule is Brc1cc2c(c(Br)c1NC1=NCCN1)CCC2. The lowest BCUT2D eigenvalue weighted by atomic mass is 10.1. The van der Waals surface area contributed by atoms with Crippen LogP contribution in [0.5, 0.6) is 0 Å². The molecule has 1 aromatic rings. The van der Waals surface area contributed by atoms with Crippen LogP contribution in [-0.4, -0.2) is 19.0 Å². The van der Waals surface area contributed by atoms with Crippen molar-refractivity contribution in [2.24, 2.45) is 4.99 Å². The van der Waals surface area contributed by atoms with E-state index in [2.05, 4.69) is 53.6 Å². The van der Waals surface area contributed by atoms with Crippen molar-refractivity contribution in [1.82, 2.24) is 5.32 Å². The Morgan fingerprint density at radius 3 is 2.94 bits per heavy atom. The predicted octanol–water partition coefficient (Wildman–Crippen LogP) is 3.07. The first kappa shape index (κ1) is 11.5. The monoisotopic (exact) mass is 357 g/mol. The maximum absolute atomic E-state index is 4.36. The maximum Gasteiger partial charge on any atom is 0.195 e. The fourth-order valence-corrected chi connectivity index (χ4v) is 3.98. The Labute approximate surface area is 117 Å². The molecule has 0 spiro atoms. The summed E-state index contributed by atoms with van der Waals surface area (Å²) in [6.07, 6.45) is 3.60. The second-order valence-corrected chi connectivity index (χ2v) is 5.97. The molecule has 2 N–H and O–H groups in total. The normalized spacial score (nSPS) is 17.6. The number of benzene rings is 1. The van der Waals surface area contributed by atoms with E-state index < -0.39 is 0 Å². The van der Waals surface area contributed by atoms with E-state index >= 15 is 0 Å². The Kier molecular flexibility index (Phi) is 3.13. The molecule has 1 aliphatic carbocycles. The Morgan fingerprint density at radius 2 is 2.18 bits per heavy atom. The highest BCUT2D eigenvalue weighted by Gasteiger charge is 2.20. The zero-order chi connectivity index (χ0) is 11.8. The van der Waals surface area contributed by atoms with Crippen LogP contribution in [-0.2, 0) is 12.8 Å². The number of halogens is 2. The predicted molar refractivity (Wildman–Crippen MR) is 77.8 cm³/mol. The van der Waals surface area contributed by atoms with E-state index in [4.69, 9.17) is 0 Å². The van der Waals surface area contributed by atoms with E-state index in [1.54, 1.807) is 0 Å². The third-order valence-corrected chi connectivity index (χ3v) is 4.70. The molecule has 0 bridgehead atoms. The lowest BCUT2D eigenvalue weighted by Gasteiger charge is -2.14. The van der Waals surface area contributed by atoms with E-state index in [0.717, 1.165) is 35.6 Å². The fraction of sp³-hybridized carbons (Fsp3) is 0.417. The zero-order valence-corrected chi connectivity index (χ0v) is 12.5. The summed E-state index contributed by atoms with van der Waals surface area (Å²) >= 11 is 7.35. The third-order valence-electron chi connectivity index (χ3n) is 3.20. The number of rotatable bonds is 1. The van der Waals surface area contributed by atoms with Gasteiger partial charge in [-0.1, -0.05) is 0 Å². The molecule has 0 fully saturated rings. The first-order valence-electron chi connectivity index (χ1n) is 5.81. The standard InChI is InChI=1S/C12H13Br2N3/c13-9-6-7-2-1-3-8(7)10(14)11(9)17-12-15-4-5-16-12/h6H,1-5H2,(H2,15,16,17). The summed E-state index contributed by atoms with van der Waals surface area (Å²) in [6.45, 7) is 1.77. The van der Waals surface area contributed by atoms with Gasteiger partial charge < -0.3 is 10.6 Å². The number of hydrogen-bond donors (Lipinski definition) is 2. The minimum atomic E-state index is 0.850. The highest BCUT2D eigenvalue weighted by molar-refractivity contribution is 9.11. The summed E-state index contributed by atoms with van der Waals surface area (Å²) in [5, 5.41) is 6.58. The molecule has 3 nitrogen and oxygen atoms in total. The van der Waals surface area contributed by atoms with Gasteiger partial charge in [0.1, 0.15) is 0 Å². The van der Waals surface area contributed by atoms with Gasteiger partial charge in [-0.15, -0.1) is 0 Å². The Balaban J connectivity index is 1.98. The number of nitrogens with one attached hydrogen (secondary N) is 2. The molecule has 0 amide bonds. The molecule has 0 saturated carbocycles. The van der Waals surface area contributed by atoms with Gasteiger partial charge in [-0.25, -0.2) is 0 Å². The molecule has 3 rings (SSSR count). The van der Waals surface area contributed by atoms with Gasteiger partial charge in [-0.3, -0.25) is 4.99 Å². The van der Waals surface area contributed by atoms with Gasteiger partial charge in [0, 0.05) is 15.5 Å². The number of anilines is 1. The number of aryl methyl sites for hydroxylation is 1. The molecule has 1 heterocycles. The summed E-state index contributed by atoms with van der Waals surface area (Å²) in [5.41, 5.74) is 3.98. The van der Waals surface area contributed by atoms with Gasteiger partial charge in [0.15, 0.2) is 5.96 Å². The van der Waals surface area contributed by atoms with E-state index in [-0.39, 0.29) is 0 Å². The Morgan fingerprint density at radius 1 is 1.29 bits per heavy atom. The van der Waals surface area contributed by atoms with Crippen LogP contribution in [0.25, 0.3) is 0 Å². The van der Waals surface area contributed by atoms with Crippen LogP contribution in [0, 0.1) is 0 Å². The minimum Gasteiger partial charge on any atom is -0.354 e. The molecule has 17 heavy (non-hydrogen) atoms. The molecular weight excluding hydrogens is 346 g/mol. The van der Waals surface area contributed by atoms with Crippen molar-refractivity contribution in [2.45, 2.75) is 19.3 Å². The quantitative estimate of drug-likeness (QED) is 0.809. The molecule has 1 aliphatic heterocycles. The smallest absolute Gasteiger partial charge is 0.195 e. The zero-order valence-electron chi connectivity index (χ0n) is 9.32. The highest BCUT2D eigenvalue weighted by Crippen LogP contribution is 2.40. The summed E-state index contributed by atoms with van der Waals surface area (Å²) < 4.78 is 2.28. The average Bonchev–Trinajstić information content (AvgIpc) is 2.94. The van der Waals surface area contributed by atoms with Crippen LogP contribution < -0.4 is 10.6 Å². The van der Waals surface area contributed by atoms with Gasteiger partial charge in [0.05, 0.1) is 12.2 Å². The van der Waals surface area contributed by atoms with Gasteiger partial charge in [0.25, 0.3) is 0 Å². The van der Waals surface area contributed by atoms with E-state index in [1.165, 1.54) is 28.4 Å². The van der Waals surface area contributed by atoms with Crippen molar-refractivity contribution in [1.29, 1.82) is 0 Å². The molecule has 90 valence electrons. The van der Waals surface area contributed by atoms with E-state index in [0.29, 0.717) is 0 Å². The minimum absolute atomic E-state index is 0.850. The van der Waals surface area contributed by atoms with Crippen LogP contribution in [0.15, 0.2) is 20.0 Å². The van der Waals surface area contributed by atoms with Crippen LogP contribution >= 0.6 is 31.9 Å². The molecule has 0 aromatic heterocycles. The molecule has 0 saturated heterocycles. The molecule has 5 heteroatoms. The summed E-state index contributed by atoms with van der Waals surface area (Å²) in [6, 6.07) is 2.23. The lowest BCUT2D eigenvalue weighted by Crippen LogP contribution is -2.26. The van der Waals surface area contributed by atoms with Crippen molar-refractivity contribution in [3.05, 3.63) is 26.1 Å². The number of guanidine groups is 1. The summed E-state index contributed by atoms with van der Waals surface area (Å²) in [4.78, 5) is 4.36. The molecule has 2 aliphatic rings. The third kappa shape index (κ3) is 2.10. The van der Waals surface area contributed by atoms with Crippen molar-refractivity contribution in [2.75, 3.05) is 18.4 Å². The number of aliphatic imine (C=N–C) groups is 1. The molecule has 1 aromatic carbocycles. The second kappa shape index (κ2) is 4.61. The molecule has 0 atom stereocenters. The first-order valence-corrected chi connectivity index (χ1v) is 7.39. The molecular formula is C12H13Br2N3. The number of nitrogens with zero attached hydrogens (tertiary/aromatic N) is 1. The fourth-order valence-electron chi connectivity index (χ4n) is 2.37. The highest BCUT2D eigenvalue weighted by atomic mass is 79.9. The van der Waals surface area contributed by atoms with Gasteiger partial charge in [-0.2, -0.15) is 0 Å². The van der Waals surface area contributed by atoms with E-state index in [9.17, 15) is 0 Å². The van der Waals surface area contributed by atoms with Crippen molar-refractivity contribution in [3.8, 4) is 0 Å². The van der Waals surface area contributed by atoms with Crippen molar-refractivity contribution in [3.63, 3.8) is 0 Å². The van der Waals surface area contributed by atoms with Crippen molar-refractivity contribution < 1.29 is 0 Å². The van der Waals surface area contributed by atoms with Gasteiger partial charge in [-0.05, 0) is 68.3 Å².